The van der Waals surface area contributed by atoms with E-state index in [0.717, 1.165) is 22.2 Å². The number of hydrogen-bond donors (Lipinski definition) is 1. The van der Waals surface area contributed by atoms with E-state index >= 15 is 0 Å². The summed E-state index contributed by atoms with van der Waals surface area (Å²) in [6.45, 7) is 5.00. The molecule has 0 aliphatic rings. The Labute approximate surface area is 168 Å². The lowest BCUT2D eigenvalue weighted by Crippen LogP contribution is -2.28. The summed E-state index contributed by atoms with van der Waals surface area (Å²) in [5.41, 5.74) is 9.05. The van der Waals surface area contributed by atoms with Gasteiger partial charge in [-0.1, -0.05) is 6.07 Å². The van der Waals surface area contributed by atoms with Crippen LogP contribution in [0.5, 0.6) is 5.75 Å². The van der Waals surface area contributed by atoms with Gasteiger partial charge in [0.25, 0.3) is 0 Å². The fraction of sp³-hybridized carbons (Fsp3) is 0.300. The number of aromatic nitrogens is 4. The third-order valence-electron chi connectivity index (χ3n) is 5.07. The Kier molecular flexibility index (Phi) is 4.13. The number of aryl methyl sites for hydroxylation is 1. The normalized spacial score (nSPS) is 12.7. The second kappa shape index (κ2) is 6.21. The number of anilines is 1. The number of ether oxygens (including phenoxy) is 1. The van der Waals surface area contributed by atoms with Gasteiger partial charge >= 0.3 is 0 Å². The van der Waals surface area contributed by atoms with Crippen LogP contribution in [0.3, 0.4) is 0 Å². The van der Waals surface area contributed by atoms with Crippen molar-refractivity contribution >= 4 is 32.2 Å². The first-order chi connectivity index (χ1) is 13.5. The van der Waals surface area contributed by atoms with Gasteiger partial charge in [-0.15, -0.1) is 0 Å². The molecule has 0 spiro atoms. The number of benzene rings is 1. The average Bonchev–Trinajstić information content (AvgIpc) is 3.19. The summed E-state index contributed by atoms with van der Waals surface area (Å²) in [5.74, 6) is 0.745. The minimum absolute atomic E-state index is 0.130. The van der Waals surface area contributed by atoms with Crippen molar-refractivity contribution in [2.75, 3.05) is 12.8 Å². The molecule has 0 amide bonds. The Morgan fingerprint density at radius 2 is 1.90 bits per heavy atom. The van der Waals surface area contributed by atoms with Crippen molar-refractivity contribution in [1.82, 2.24) is 19.2 Å². The maximum atomic E-state index is 13.1. The van der Waals surface area contributed by atoms with Crippen LogP contribution in [0, 0.1) is 0 Å². The van der Waals surface area contributed by atoms with Crippen LogP contribution >= 0.6 is 0 Å². The molecule has 152 valence electrons. The maximum absolute atomic E-state index is 13.1. The molecule has 2 N–H and O–H groups in total. The SMILES string of the molecule is COc1cc2ncc(-c3ccc4c(N)nn(C)c4c3)n2cc1S(=O)(=O)C(C)(C)C. The van der Waals surface area contributed by atoms with Crippen LogP contribution in [-0.4, -0.2) is 39.4 Å². The summed E-state index contributed by atoms with van der Waals surface area (Å²) in [6.07, 6.45) is 3.29. The molecule has 4 aromatic rings. The van der Waals surface area contributed by atoms with Gasteiger partial charge in [0.05, 0.1) is 29.3 Å². The van der Waals surface area contributed by atoms with Crippen LogP contribution in [0.25, 0.3) is 27.8 Å². The fourth-order valence-electron chi connectivity index (χ4n) is 3.34. The number of nitrogens with two attached hydrogens (primary N) is 1. The predicted octanol–water partition coefficient (Wildman–Crippen LogP) is 3.05. The number of nitrogen functional groups attached to an aromatic ring is 1. The maximum Gasteiger partial charge on any atom is 0.188 e. The molecular weight excluding hydrogens is 390 g/mol. The molecule has 29 heavy (non-hydrogen) atoms. The topological polar surface area (TPSA) is 105 Å². The zero-order valence-corrected chi connectivity index (χ0v) is 17.8. The average molecular weight is 414 g/mol. The molecule has 1 aromatic carbocycles. The molecule has 0 aliphatic carbocycles. The monoisotopic (exact) mass is 413 g/mol. The molecule has 0 fully saturated rings. The molecule has 0 atom stereocenters. The first-order valence-electron chi connectivity index (χ1n) is 9.07. The van der Waals surface area contributed by atoms with Crippen molar-refractivity contribution in [3.8, 4) is 17.0 Å². The van der Waals surface area contributed by atoms with Crippen LogP contribution in [0.2, 0.25) is 0 Å². The van der Waals surface area contributed by atoms with E-state index in [1.54, 1.807) is 48.3 Å². The first-order valence-corrected chi connectivity index (χ1v) is 10.6. The molecule has 8 nitrogen and oxygen atoms in total. The third-order valence-corrected chi connectivity index (χ3v) is 7.56. The van der Waals surface area contributed by atoms with E-state index in [1.807, 2.05) is 25.2 Å². The predicted molar refractivity (Wildman–Crippen MR) is 113 cm³/mol. The van der Waals surface area contributed by atoms with Crippen molar-refractivity contribution in [3.63, 3.8) is 0 Å². The van der Waals surface area contributed by atoms with Gasteiger partial charge < -0.3 is 10.5 Å². The summed E-state index contributed by atoms with van der Waals surface area (Å²) in [5, 5.41) is 5.11. The van der Waals surface area contributed by atoms with E-state index in [4.69, 9.17) is 10.5 Å². The minimum atomic E-state index is -3.63. The summed E-state index contributed by atoms with van der Waals surface area (Å²) < 4.78 is 34.1. The third kappa shape index (κ3) is 2.84. The van der Waals surface area contributed by atoms with E-state index in [2.05, 4.69) is 10.1 Å². The minimum Gasteiger partial charge on any atom is -0.495 e. The van der Waals surface area contributed by atoms with Crippen molar-refractivity contribution in [2.45, 2.75) is 30.4 Å². The van der Waals surface area contributed by atoms with E-state index in [9.17, 15) is 8.42 Å². The highest BCUT2D eigenvalue weighted by atomic mass is 32.2. The van der Waals surface area contributed by atoms with Crippen LogP contribution in [0.4, 0.5) is 5.82 Å². The highest BCUT2D eigenvalue weighted by molar-refractivity contribution is 7.92. The molecule has 4 rings (SSSR count). The molecule has 0 aliphatic heterocycles. The van der Waals surface area contributed by atoms with Crippen molar-refractivity contribution in [3.05, 3.63) is 36.7 Å². The number of methoxy groups -OCH3 is 1. The zero-order valence-electron chi connectivity index (χ0n) is 17.0. The molecule has 9 heteroatoms. The van der Waals surface area contributed by atoms with Crippen molar-refractivity contribution < 1.29 is 13.2 Å². The van der Waals surface area contributed by atoms with Gasteiger partial charge in [-0.3, -0.25) is 9.08 Å². The van der Waals surface area contributed by atoms with Gasteiger partial charge in [-0.2, -0.15) is 5.10 Å². The number of sulfone groups is 1. The number of hydrogen-bond acceptors (Lipinski definition) is 6. The number of rotatable bonds is 3. The molecule has 3 aromatic heterocycles. The molecule has 3 heterocycles. The van der Waals surface area contributed by atoms with Crippen LogP contribution in [-0.2, 0) is 16.9 Å². The molecular formula is C20H23N5O3S. The highest BCUT2D eigenvalue weighted by Gasteiger charge is 2.34. The van der Waals surface area contributed by atoms with E-state index < -0.39 is 14.6 Å². The van der Waals surface area contributed by atoms with Gasteiger partial charge in [-0.05, 0) is 32.9 Å². The van der Waals surface area contributed by atoms with E-state index in [1.165, 1.54) is 7.11 Å². The van der Waals surface area contributed by atoms with Crippen LogP contribution in [0.15, 0.2) is 41.6 Å². The Bertz CT molecular complexity index is 1360. The summed E-state index contributed by atoms with van der Waals surface area (Å²) in [6, 6.07) is 7.43. The number of imidazole rings is 1. The Morgan fingerprint density at radius 3 is 2.55 bits per heavy atom. The van der Waals surface area contributed by atoms with Gasteiger partial charge in [0, 0.05) is 30.3 Å². The quantitative estimate of drug-likeness (QED) is 0.553. The molecule has 0 bridgehead atoms. The lowest BCUT2D eigenvalue weighted by molar-refractivity contribution is 0.401. The van der Waals surface area contributed by atoms with Gasteiger partial charge in [0.2, 0.25) is 0 Å². The Hall–Kier alpha value is -3.07. The lowest BCUT2D eigenvalue weighted by Gasteiger charge is -2.21. The second-order valence-corrected chi connectivity index (χ2v) is 10.6. The van der Waals surface area contributed by atoms with Crippen LogP contribution < -0.4 is 10.5 Å². The molecule has 0 saturated heterocycles. The fourth-order valence-corrected chi connectivity index (χ4v) is 4.65. The standard InChI is InChI=1S/C20H23N5O3S/c1-20(2,3)29(26,27)17-11-25-15(10-22-18(25)9-16(17)28-5)12-6-7-13-14(8-12)24(4)23-19(13)21/h6-11H,1-5H3,(H2,21,23). The van der Waals surface area contributed by atoms with E-state index in [-0.39, 0.29) is 10.6 Å². The smallest absolute Gasteiger partial charge is 0.188 e. The lowest BCUT2D eigenvalue weighted by atomic mass is 10.1. The van der Waals surface area contributed by atoms with Crippen molar-refractivity contribution in [1.29, 1.82) is 0 Å². The van der Waals surface area contributed by atoms with Crippen molar-refractivity contribution in [2.24, 2.45) is 7.05 Å². The van der Waals surface area contributed by atoms with Gasteiger partial charge in [-0.25, -0.2) is 13.4 Å². The van der Waals surface area contributed by atoms with E-state index in [0.29, 0.717) is 11.5 Å². The number of pyridine rings is 1. The van der Waals surface area contributed by atoms with Gasteiger partial charge in [0.1, 0.15) is 16.3 Å². The Balaban J connectivity index is 1.98. The Morgan fingerprint density at radius 1 is 1.17 bits per heavy atom. The molecule has 0 unspecified atom stereocenters. The number of fused-ring (bicyclic) bond motifs is 2. The first kappa shape index (κ1) is 19.3. The highest BCUT2D eigenvalue weighted by Crippen LogP contribution is 2.35. The second-order valence-electron chi connectivity index (χ2n) is 7.93. The molecule has 0 radical (unpaired) electrons. The number of nitrogens with zero attached hydrogens (tertiary/aromatic N) is 4. The zero-order chi connectivity index (χ0) is 21.1. The summed E-state index contributed by atoms with van der Waals surface area (Å²) in [7, 11) is -0.344. The molecule has 0 saturated carbocycles. The van der Waals surface area contributed by atoms with Gasteiger partial charge in [0.15, 0.2) is 15.7 Å². The van der Waals surface area contributed by atoms with Crippen LogP contribution in [0.1, 0.15) is 20.8 Å². The summed E-state index contributed by atoms with van der Waals surface area (Å²) >= 11 is 0. The summed E-state index contributed by atoms with van der Waals surface area (Å²) in [4.78, 5) is 4.57. The largest absolute Gasteiger partial charge is 0.495 e.